The summed E-state index contributed by atoms with van der Waals surface area (Å²) < 4.78 is 10.6. The van der Waals surface area contributed by atoms with Crippen LogP contribution in [-0.2, 0) is 6.61 Å². The normalized spacial score (nSPS) is 10.2. The molecule has 1 heterocycles. The average Bonchev–Trinajstić information content (AvgIpc) is 2.33. The van der Waals surface area contributed by atoms with Crippen LogP contribution >= 0.6 is 0 Å². The van der Waals surface area contributed by atoms with E-state index < -0.39 is 0 Å². The van der Waals surface area contributed by atoms with Crippen molar-refractivity contribution >= 4 is 0 Å². The van der Waals surface area contributed by atoms with E-state index in [0.717, 1.165) is 5.56 Å². The molecule has 3 nitrogen and oxygen atoms in total. The summed E-state index contributed by atoms with van der Waals surface area (Å²) in [5.41, 5.74) is 1.23. The summed E-state index contributed by atoms with van der Waals surface area (Å²) >= 11 is 0. The van der Waals surface area contributed by atoms with Gasteiger partial charge in [-0.2, -0.15) is 0 Å². The maximum Gasteiger partial charge on any atom is 0.342 e. The van der Waals surface area contributed by atoms with E-state index in [0.29, 0.717) is 23.7 Å². The molecule has 0 aliphatic carbocycles. The molecule has 0 atom stereocenters. The minimum Gasteiger partial charge on any atom is -0.488 e. The van der Waals surface area contributed by atoms with Crippen LogP contribution in [0, 0.1) is 13.8 Å². The van der Waals surface area contributed by atoms with Gasteiger partial charge in [0, 0.05) is 6.07 Å². The van der Waals surface area contributed by atoms with Crippen LogP contribution in [0.5, 0.6) is 5.75 Å². The van der Waals surface area contributed by atoms with Crippen LogP contribution in [0.1, 0.15) is 16.9 Å². The summed E-state index contributed by atoms with van der Waals surface area (Å²) in [7, 11) is 0. The van der Waals surface area contributed by atoms with E-state index in [-0.39, 0.29) is 5.63 Å². The molecule has 1 aromatic carbocycles. The van der Waals surface area contributed by atoms with Crippen LogP contribution in [0.4, 0.5) is 0 Å². The first-order valence-corrected chi connectivity index (χ1v) is 5.45. The largest absolute Gasteiger partial charge is 0.488 e. The Morgan fingerprint density at radius 1 is 1.18 bits per heavy atom. The number of rotatable bonds is 3. The van der Waals surface area contributed by atoms with Crippen LogP contribution in [-0.4, -0.2) is 0 Å². The fourth-order valence-corrected chi connectivity index (χ4v) is 1.53. The maximum absolute atomic E-state index is 11.4. The molecule has 0 amide bonds. The van der Waals surface area contributed by atoms with Crippen LogP contribution in [0.15, 0.2) is 45.6 Å². The monoisotopic (exact) mass is 230 g/mol. The summed E-state index contributed by atoms with van der Waals surface area (Å²) in [6.45, 7) is 3.88. The van der Waals surface area contributed by atoms with Crippen LogP contribution in [0.2, 0.25) is 0 Å². The molecule has 0 aliphatic heterocycles. The van der Waals surface area contributed by atoms with E-state index in [9.17, 15) is 4.79 Å². The van der Waals surface area contributed by atoms with E-state index in [1.807, 2.05) is 30.3 Å². The molecule has 88 valence electrons. The molecule has 0 unspecified atom stereocenters. The van der Waals surface area contributed by atoms with Gasteiger partial charge in [-0.25, -0.2) is 4.79 Å². The molecular weight excluding hydrogens is 216 g/mol. The lowest BCUT2D eigenvalue weighted by Gasteiger charge is -2.08. The molecule has 0 bridgehead atoms. The first kappa shape index (κ1) is 11.5. The molecule has 1 aromatic heterocycles. The SMILES string of the molecule is Cc1cc(OCc2ccccc2)c(C)c(=O)o1. The first-order chi connectivity index (χ1) is 8.16. The third-order valence-corrected chi connectivity index (χ3v) is 2.50. The fraction of sp³-hybridized carbons (Fsp3) is 0.214. The molecule has 0 saturated heterocycles. The van der Waals surface area contributed by atoms with Gasteiger partial charge in [-0.15, -0.1) is 0 Å². The molecule has 0 radical (unpaired) electrons. The van der Waals surface area contributed by atoms with Gasteiger partial charge < -0.3 is 9.15 Å². The van der Waals surface area contributed by atoms with Crippen molar-refractivity contribution in [3.05, 3.63) is 63.7 Å². The Balaban J connectivity index is 2.17. The van der Waals surface area contributed by atoms with Crippen molar-refractivity contribution in [2.24, 2.45) is 0 Å². The summed E-state index contributed by atoms with van der Waals surface area (Å²) in [6.07, 6.45) is 0. The van der Waals surface area contributed by atoms with Gasteiger partial charge >= 0.3 is 5.63 Å². The Hall–Kier alpha value is -2.03. The number of benzene rings is 1. The van der Waals surface area contributed by atoms with Crippen molar-refractivity contribution in [2.75, 3.05) is 0 Å². The van der Waals surface area contributed by atoms with Gasteiger partial charge in [0.2, 0.25) is 0 Å². The standard InChI is InChI=1S/C14H14O3/c1-10-8-13(11(2)14(15)17-10)16-9-12-6-4-3-5-7-12/h3-8H,9H2,1-2H3. The Kier molecular flexibility index (Phi) is 3.28. The molecule has 2 rings (SSSR count). The minimum absolute atomic E-state index is 0.340. The molecule has 0 fully saturated rings. The second-order valence-electron chi connectivity index (χ2n) is 3.91. The molecular formula is C14H14O3. The highest BCUT2D eigenvalue weighted by Crippen LogP contribution is 2.17. The number of hydrogen-bond acceptors (Lipinski definition) is 3. The number of ether oxygens (including phenoxy) is 1. The number of aryl methyl sites for hydroxylation is 1. The number of hydrogen-bond donors (Lipinski definition) is 0. The van der Waals surface area contributed by atoms with Crippen molar-refractivity contribution < 1.29 is 9.15 Å². The Bertz CT molecular complexity index is 555. The Morgan fingerprint density at radius 3 is 2.59 bits per heavy atom. The molecule has 3 heteroatoms. The van der Waals surface area contributed by atoms with Crippen LogP contribution < -0.4 is 10.4 Å². The van der Waals surface area contributed by atoms with E-state index in [1.54, 1.807) is 19.9 Å². The van der Waals surface area contributed by atoms with Crippen LogP contribution in [0.25, 0.3) is 0 Å². The second kappa shape index (κ2) is 4.87. The summed E-state index contributed by atoms with van der Waals surface area (Å²) in [6, 6.07) is 11.6. The molecule has 0 spiro atoms. The second-order valence-corrected chi connectivity index (χ2v) is 3.91. The average molecular weight is 230 g/mol. The third-order valence-electron chi connectivity index (χ3n) is 2.50. The van der Waals surface area contributed by atoms with E-state index in [1.165, 1.54) is 0 Å². The summed E-state index contributed by atoms with van der Waals surface area (Å²) in [5.74, 6) is 1.14. The molecule has 0 N–H and O–H groups in total. The van der Waals surface area contributed by atoms with Gasteiger partial charge in [-0.3, -0.25) is 0 Å². The van der Waals surface area contributed by atoms with Crippen molar-refractivity contribution in [1.29, 1.82) is 0 Å². The van der Waals surface area contributed by atoms with Crippen LogP contribution in [0.3, 0.4) is 0 Å². The van der Waals surface area contributed by atoms with E-state index in [2.05, 4.69) is 0 Å². The zero-order chi connectivity index (χ0) is 12.3. The van der Waals surface area contributed by atoms with E-state index >= 15 is 0 Å². The highest BCUT2D eigenvalue weighted by atomic mass is 16.5. The lowest BCUT2D eigenvalue weighted by Crippen LogP contribution is -2.07. The smallest absolute Gasteiger partial charge is 0.342 e. The topological polar surface area (TPSA) is 39.4 Å². The highest BCUT2D eigenvalue weighted by Gasteiger charge is 2.06. The Morgan fingerprint density at radius 2 is 1.88 bits per heavy atom. The van der Waals surface area contributed by atoms with Gasteiger partial charge in [0.25, 0.3) is 0 Å². The molecule has 17 heavy (non-hydrogen) atoms. The predicted molar refractivity (Wildman–Crippen MR) is 65.2 cm³/mol. The minimum atomic E-state index is -0.340. The van der Waals surface area contributed by atoms with Crippen molar-refractivity contribution in [2.45, 2.75) is 20.5 Å². The molecule has 2 aromatic rings. The van der Waals surface area contributed by atoms with Gasteiger partial charge in [0.15, 0.2) is 0 Å². The summed E-state index contributed by atoms with van der Waals surface area (Å²) in [4.78, 5) is 11.4. The Labute approximate surface area is 99.7 Å². The van der Waals surface area contributed by atoms with Crippen molar-refractivity contribution in [3.63, 3.8) is 0 Å². The first-order valence-electron chi connectivity index (χ1n) is 5.45. The summed E-state index contributed by atoms with van der Waals surface area (Å²) in [5, 5.41) is 0. The lowest BCUT2D eigenvalue weighted by molar-refractivity contribution is 0.297. The van der Waals surface area contributed by atoms with E-state index in [4.69, 9.17) is 9.15 Å². The quantitative estimate of drug-likeness (QED) is 0.813. The fourth-order valence-electron chi connectivity index (χ4n) is 1.53. The molecule has 0 saturated carbocycles. The highest BCUT2D eigenvalue weighted by molar-refractivity contribution is 5.30. The van der Waals surface area contributed by atoms with Gasteiger partial charge in [0.05, 0.1) is 5.56 Å². The van der Waals surface area contributed by atoms with Gasteiger partial charge in [-0.1, -0.05) is 30.3 Å². The van der Waals surface area contributed by atoms with Gasteiger partial charge in [-0.05, 0) is 19.4 Å². The zero-order valence-corrected chi connectivity index (χ0v) is 9.90. The predicted octanol–water partition coefficient (Wildman–Crippen LogP) is 2.84. The van der Waals surface area contributed by atoms with Crippen molar-refractivity contribution in [1.82, 2.24) is 0 Å². The van der Waals surface area contributed by atoms with Gasteiger partial charge in [0.1, 0.15) is 18.1 Å². The lowest BCUT2D eigenvalue weighted by atomic mass is 10.2. The third kappa shape index (κ3) is 2.75. The van der Waals surface area contributed by atoms with Crippen molar-refractivity contribution in [3.8, 4) is 5.75 Å². The maximum atomic E-state index is 11.4. The zero-order valence-electron chi connectivity index (χ0n) is 9.90. The molecule has 0 aliphatic rings.